The number of carboxylic acid groups (broad SMARTS) is 1. The first-order valence-corrected chi connectivity index (χ1v) is 5.64. The van der Waals surface area contributed by atoms with Gasteiger partial charge in [0, 0.05) is 0 Å². The monoisotopic (exact) mass is 222 g/mol. The van der Waals surface area contributed by atoms with Crippen molar-refractivity contribution in [2.75, 3.05) is 0 Å². The summed E-state index contributed by atoms with van der Waals surface area (Å²) in [4.78, 5) is 11.0. The van der Waals surface area contributed by atoms with Crippen molar-refractivity contribution in [2.45, 2.75) is 25.7 Å². The van der Waals surface area contributed by atoms with Gasteiger partial charge in [-0.1, -0.05) is 24.6 Å². The summed E-state index contributed by atoms with van der Waals surface area (Å²) in [6, 6.07) is 6.62. The van der Waals surface area contributed by atoms with E-state index in [1.54, 1.807) is 18.2 Å². The van der Waals surface area contributed by atoms with Gasteiger partial charge in [0.2, 0.25) is 0 Å². The van der Waals surface area contributed by atoms with E-state index in [0.29, 0.717) is 12.0 Å². The molecule has 1 aromatic carbocycles. The molecular formula is C13H15FO2. The second-order valence-electron chi connectivity index (χ2n) is 4.43. The fourth-order valence-corrected chi connectivity index (χ4v) is 2.55. The number of rotatable bonds is 3. The highest BCUT2D eigenvalue weighted by Crippen LogP contribution is 2.34. The Kier molecular flexibility index (Phi) is 3.22. The third-order valence-corrected chi connectivity index (χ3v) is 3.42. The first-order chi connectivity index (χ1) is 7.68. The molecule has 0 bridgehead atoms. The predicted octanol–water partition coefficient (Wildman–Crippen LogP) is 2.87. The van der Waals surface area contributed by atoms with Gasteiger partial charge in [0.15, 0.2) is 0 Å². The molecule has 86 valence electrons. The van der Waals surface area contributed by atoms with Crippen molar-refractivity contribution in [1.29, 1.82) is 0 Å². The predicted molar refractivity (Wildman–Crippen MR) is 58.6 cm³/mol. The quantitative estimate of drug-likeness (QED) is 0.853. The lowest BCUT2D eigenvalue weighted by Crippen LogP contribution is -2.20. The van der Waals surface area contributed by atoms with Gasteiger partial charge in [-0.05, 0) is 36.8 Å². The minimum atomic E-state index is -0.737. The van der Waals surface area contributed by atoms with Crippen molar-refractivity contribution in [3.05, 3.63) is 35.6 Å². The van der Waals surface area contributed by atoms with E-state index in [-0.39, 0.29) is 17.7 Å². The van der Waals surface area contributed by atoms with Crippen LogP contribution in [0.2, 0.25) is 0 Å². The van der Waals surface area contributed by atoms with Gasteiger partial charge in [-0.2, -0.15) is 0 Å². The van der Waals surface area contributed by atoms with Crippen LogP contribution in [0.15, 0.2) is 24.3 Å². The highest BCUT2D eigenvalue weighted by Gasteiger charge is 2.33. The normalized spacial score (nSPS) is 24.6. The van der Waals surface area contributed by atoms with Crippen LogP contribution in [0.4, 0.5) is 4.39 Å². The molecule has 1 aliphatic carbocycles. The van der Waals surface area contributed by atoms with Crippen LogP contribution >= 0.6 is 0 Å². The van der Waals surface area contributed by atoms with Gasteiger partial charge in [-0.15, -0.1) is 0 Å². The van der Waals surface area contributed by atoms with E-state index in [0.717, 1.165) is 19.3 Å². The molecule has 0 aliphatic heterocycles. The summed E-state index contributed by atoms with van der Waals surface area (Å²) in [5.41, 5.74) is 0.639. The summed E-state index contributed by atoms with van der Waals surface area (Å²) < 4.78 is 13.4. The van der Waals surface area contributed by atoms with E-state index < -0.39 is 5.97 Å². The van der Waals surface area contributed by atoms with Crippen molar-refractivity contribution in [1.82, 2.24) is 0 Å². The lowest BCUT2D eigenvalue weighted by Gasteiger charge is -2.15. The van der Waals surface area contributed by atoms with Crippen molar-refractivity contribution in [3.8, 4) is 0 Å². The van der Waals surface area contributed by atoms with Crippen LogP contribution in [0.1, 0.15) is 24.8 Å². The number of carboxylic acids is 1. The molecule has 0 saturated heterocycles. The number of hydrogen-bond acceptors (Lipinski definition) is 1. The van der Waals surface area contributed by atoms with E-state index in [4.69, 9.17) is 5.11 Å². The molecular weight excluding hydrogens is 207 g/mol. The van der Waals surface area contributed by atoms with Gasteiger partial charge in [0.25, 0.3) is 0 Å². The molecule has 1 aromatic rings. The minimum absolute atomic E-state index is 0.0920. The molecule has 1 saturated carbocycles. The summed E-state index contributed by atoms with van der Waals surface area (Å²) in [7, 11) is 0. The van der Waals surface area contributed by atoms with E-state index in [9.17, 15) is 9.18 Å². The van der Waals surface area contributed by atoms with E-state index in [1.807, 2.05) is 0 Å². The van der Waals surface area contributed by atoms with Crippen LogP contribution in [0.25, 0.3) is 0 Å². The zero-order valence-corrected chi connectivity index (χ0v) is 9.03. The average molecular weight is 222 g/mol. The molecule has 2 nitrogen and oxygen atoms in total. The second-order valence-corrected chi connectivity index (χ2v) is 4.43. The fourth-order valence-electron chi connectivity index (χ4n) is 2.55. The Hall–Kier alpha value is -1.38. The summed E-state index contributed by atoms with van der Waals surface area (Å²) in [5.74, 6) is -1.16. The molecule has 16 heavy (non-hydrogen) atoms. The highest BCUT2D eigenvalue weighted by molar-refractivity contribution is 5.70. The molecule has 0 spiro atoms. The summed E-state index contributed by atoms with van der Waals surface area (Å²) in [5, 5.41) is 9.04. The van der Waals surface area contributed by atoms with E-state index in [2.05, 4.69) is 0 Å². The van der Waals surface area contributed by atoms with Crippen LogP contribution in [0.5, 0.6) is 0 Å². The summed E-state index contributed by atoms with van der Waals surface area (Å²) in [6.07, 6.45) is 3.11. The minimum Gasteiger partial charge on any atom is -0.481 e. The van der Waals surface area contributed by atoms with Crippen molar-refractivity contribution < 1.29 is 14.3 Å². The van der Waals surface area contributed by atoms with Gasteiger partial charge < -0.3 is 5.11 Å². The average Bonchev–Trinajstić information content (AvgIpc) is 2.69. The maximum absolute atomic E-state index is 13.4. The number of hydrogen-bond donors (Lipinski definition) is 1. The molecule has 0 radical (unpaired) electrons. The van der Waals surface area contributed by atoms with Crippen molar-refractivity contribution >= 4 is 5.97 Å². The molecule has 2 unspecified atom stereocenters. The molecule has 3 heteroatoms. The maximum Gasteiger partial charge on any atom is 0.306 e. The van der Waals surface area contributed by atoms with Crippen LogP contribution < -0.4 is 0 Å². The fraction of sp³-hybridized carbons (Fsp3) is 0.462. The van der Waals surface area contributed by atoms with Gasteiger partial charge in [-0.25, -0.2) is 4.39 Å². The van der Waals surface area contributed by atoms with Gasteiger partial charge in [-0.3, -0.25) is 4.79 Å². The Morgan fingerprint density at radius 2 is 2.12 bits per heavy atom. The molecule has 2 atom stereocenters. The second kappa shape index (κ2) is 4.64. The third-order valence-electron chi connectivity index (χ3n) is 3.42. The zero-order chi connectivity index (χ0) is 11.5. The molecule has 0 aromatic heterocycles. The maximum atomic E-state index is 13.4. The molecule has 0 heterocycles. The van der Waals surface area contributed by atoms with Crippen LogP contribution in [0, 0.1) is 17.7 Å². The van der Waals surface area contributed by atoms with E-state index in [1.165, 1.54) is 6.07 Å². The Morgan fingerprint density at radius 3 is 2.81 bits per heavy atom. The van der Waals surface area contributed by atoms with Crippen LogP contribution in [-0.2, 0) is 11.2 Å². The third kappa shape index (κ3) is 2.23. The first kappa shape index (κ1) is 11.1. The Bertz CT molecular complexity index is 389. The number of carbonyl (C=O) groups is 1. The highest BCUT2D eigenvalue weighted by atomic mass is 19.1. The van der Waals surface area contributed by atoms with E-state index >= 15 is 0 Å². The molecule has 1 fully saturated rings. The molecule has 2 rings (SSSR count). The molecule has 1 aliphatic rings. The Balaban J connectivity index is 2.10. The van der Waals surface area contributed by atoms with Crippen LogP contribution in [-0.4, -0.2) is 11.1 Å². The largest absolute Gasteiger partial charge is 0.481 e. The lowest BCUT2D eigenvalue weighted by atomic mass is 9.89. The smallest absolute Gasteiger partial charge is 0.306 e. The first-order valence-electron chi connectivity index (χ1n) is 5.64. The molecule has 1 N–H and O–H groups in total. The zero-order valence-electron chi connectivity index (χ0n) is 9.03. The number of benzene rings is 1. The lowest BCUT2D eigenvalue weighted by molar-refractivity contribution is -0.142. The number of halogens is 1. The topological polar surface area (TPSA) is 37.3 Å². The standard InChI is InChI=1S/C13H15FO2/c14-12-7-2-1-4-10(12)8-9-5-3-6-11(9)13(15)16/h1-2,4,7,9,11H,3,5-6,8H2,(H,15,16). The summed E-state index contributed by atoms with van der Waals surface area (Å²) in [6.45, 7) is 0. The molecule has 0 amide bonds. The Morgan fingerprint density at radius 1 is 1.38 bits per heavy atom. The van der Waals surface area contributed by atoms with Crippen molar-refractivity contribution in [3.63, 3.8) is 0 Å². The SMILES string of the molecule is O=C(O)C1CCCC1Cc1ccccc1F. The van der Waals surface area contributed by atoms with Gasteiger partial charge in [0.05, 0.1) is 5.92 Å². The van der Waals surface area contributed by atoms with Gasteiger partial charge in [0.1, 0.15) is 5.82 Å². The van der Waals surface area contributed by atoms with Crippen molar-refractivity contribution in [2.24, 2.45) is 11.8 Å². The number of aliphatic carboxylic acids is 1. The Labute approximate surface area is 94.1 Å². The summed E-state index contributed by atoms with van der Waals surface area (Å²) >= 11 is 0. The van der Waals surface area contributed by atoms with Crippen LogP contribution in [0.3, 0.4) is 0 Å². The van der Waals surface area contributed by atoms with Gasteiger partial charge >= 0.3 is 5.97 Å².